The Morgan fingerprint density at radius 1 is 1.31 bits per heavy atom. The van der Waals surface area contributed by atoms with Gasteiger partial charge in [-0.1, -0.05) is 20.8 Å². The Labute approximate surface area is 94.2 Å². The van der Waals surface area contributed by atoms with Gasteiger partial charge in [-0.2, -0.15) is 0 Å². The number of carboxylic acid groups (broad SMARTS) is 1. The van der Waals surface area contributed by atoms with Gasteiger partial charge < -0.3 is 16.2 Å². The Hall–Kier alpha value is -1.59. The molecule has 6 nitrogen and oxygen atoms in total. The van der Waals surface area contributed by atoms with Crippen molar-refractivity contribution in [1.29, 1.82) is 0 Å². The summed E-state index contributed by atoms with van der Waals surface area (Å²) in [6, 6.07) is -1.24. The molecule has 0 spiro atoms. The summed E-state index contributed by atoms with van der Waals surface area (Å²) in [5.74, 6) is -2.43. The first kappa shape index (κ1) is 14.4. The van der Waals surface area contributed by atoms with E-state index in [4.69, 9.17) is 10.8 Å². The molecule has 0 aliphatic rings. The highest BCUT2D eigenvalue weighted by Gasteiger charge is 2.24. The zero-order valence-corrected chi connectivity index (χ0v) is 9.74. The number of amides is 2. The summed E-state index contributed by atoms with van der Waals surface area (Å²) in [7, 11) is 0. The van der Waals surface area contributed by atoms with E-state index in [0.717, 1.165) is 0 Å². The molecule has 1 atom stereocenters. The molecule has 0 heterocycles. The zero-order chi connectivity index (χ0) is 12.9. The van der Waals surface area contributed by atoms with Gasteiger partial charge in [0, 0.05) is 6.42 Å². The van der Waals surface area contributed by atoms with E-state index >= 15 is 0 Å². The predicted octanol–water partition coefficient (Wildman–Crippen LogP) is -0.133. The predicted molar refractivity (Wildman–Crippen MR) is 57.4 cm³/mol. The average molecular weight is 230 g/mol. The molecule has 0 fully saturated rings. The van der Waals surface area contributed by atoms with Crippen LogP contribution in [0.2, 0.25) is 0 Å². The second-order valence-corrected chi connectivity index (χ2v) is 4.87. The number of rotatable bonds is 5. The van der Waals surface area contributed by atoms with E-state index in [9.17, 15) is 14.4 Å². The van der Waals surface area contributed by atoms with Crippen LogP contribution in [0.5, 0.6) is 0 Å². The number of nitrogens with one attached hydrogen (secondary N) is 1. The summed E-state index contributed by atoms with van der Waals surface area (Å²) in [5.41, 5.74) is 4.64. The third-order valence-corrected chi connectivity index (χ3v) is 1.73. The van der Waals surface area contributed by atoms with Crippen LogP contribution in [0.15, 0.2) is 0 Å². The summed E-state index contributed by atoms with van der Waals surface area (Å²) < 4.78 is 0. The number of aliphatic carboxylic acids is 1. The van der Waals surface area contributed by atoms with Gasteiger partial charge in [0.1, 0.15) is 6.04 Å². The maximum atomic E-state index is 11.4. The zero-order valence-electron chi connectivity index (χ0n) is 9.74. The number of hydrogen-bond acceptors (Lipinski definition) is 3. The third-order valence-electron chi connectivity index (χ3n) is 1.73. The van der Waals surface area contributed by atoms with Crippen molar-refractivity contribution >= 4 is 17.8 Å². The monoisotopic (exact) mass is 230 g/mol. The van der Waals surface area contributed by atoms with E-state index in [-0.39, 0.29) is 11.8 Å². The van der Waals surface area contributed by atoms with Crippen LogP contribution in [0.3, 0.4) is 0 Å². The molecular formula is C10H18N2O4. The van der Waals surface area contributed by atoms with Gasteiger partial charge in [-0.15, -0.1) is 0 Å². The standard InChI is InChI=1S/C10H18N2O4/c1-10(2,3)5-8(14)12-6(9(15)16)4-7(11)13/h6H,4-5H2,1-3H3,(H2,11,13)(H,12,14)(H,15,16)/t6-/m0/s1. The molecule has 92 valence electrons. The lowest BCUT2D eigenvalue weighted by molar-refractivity contribution is -0.143. The van der Waals surface area contributed by atoms with Crippen molar-refractivity contribution in [3.63, 3.8) is 0 Å². The molecular weight excluding hydrogens is 212 g/mol. The lowest BCUT2D eigenvalue weighted by Crippen LogP contribution is -2.44. The maximum absolute atomic E-state index is 11.4. The molecule has 0 aromatic rings. The second-order valence-electron chi connectivity index (χ2n) is 4.87. The van der Waals surface area contributed by atoms with E-state index in [1.807, 2.05) is 20.8 Å². The molecule has 0 rings (SSSR count). The van der Waals surface area contributed by atoms with Crippen molar-refractivity contribution < 1.29 is 19.5 Å². The number of nitrogens with two attached hydrogens (primary N) is 1. The van der Waals surface area contributed by atoms with Crippen molar-refractivity contribution in [3.05, 3.63) is 0 Å². The van der Waals surface area contributed by atoms with Gasteiger partial charge >= 0.3 is 5.97 Å². The van der Waals surface area contributed by atoms with Gasteiger partial charge in [0.05, 0.1) is 6.42 Å². The normalized spacial score (nSPS) is 12.9. The highest BCUT2D eigenvalue weighted by molar-refractivity contribution is 5.88. The smallest absolute Gasteiger partial charge is 0.326 e. The minimum absolute atomic E-state index is 0.190. The first-order valence-corrected chi connectivity index (χ1v) is 4.92. The van der Waals surface area contributed by atoms with Crippen LogP contribution in [0.25, 0.3) is 0 Å². The molecule has 0 unspecified atom stereocenters. The molecule has 0 aliphatic carbocycles. The Morgan fingerprint density at radius 2 is 1.81 bits per heavy atom. The van der Waals surface area contributed by atoms with Crippen LogP contribution >= 0.6 is 0 Å². The first-order valence-electron chi connectivity index (χ1n) is 4.92. The topological polar surface area (TPSA) is 109 Å². The number of hydrogen-bond donors (Lipinski definition) is 3. The fourth-order valence-electron chi connectivity index (χ4n) is 1.13. The number of carbonyl (C=O) groups excluding carboxylic acids is 2. The Balaban J connectivity index is 4.35. The van der Waals surface area contributed by atoms with Gasteiger partial charge in [0.2, 0.25) is 11.8 Å². The average Bonchev–Trinajstić information content (AvgIpc) is 1.97. The minimum atomic E-state index is -1.26. The van der Waals surface area contributed by atoms with Crippen LogP contribution in [0.4, 0.5) is 0 Å². The molecule has 2 amide bonds. The Kier molecular flexibility index (Phi) is 4.94. The highest BCUT2D eigenvalue weighted by Crippen LogP contribution is 2.17. The van der Waals surface area contributed by atoms with Gasteiger partial charge in [-0.25, -0.2) is 4.79 Å². The van der Waals surface area contributed by atoms with E-state index < -0.39 is 30.2 Å². The summed E-state index contributed by atoms with van der Waals surface area (Å²) in [4.78, 5) is 32.7. The van der Waals surface area contributed by atoms with Crippen molar-refractivity contribution in [2.45, 2.75) is 39.7 Å². The van der Waals surface area contributed by atoms with Crippen LogP contribution in [-0.2, 0) is 14.4 Å². The van der Waals surface area contributed by atoms with Gasteiger partial charge in [-0.05, 0) is 5.41 Å². The quantitative estimate of drug-likeness (QED) is 0.611. The van der Waals surface area contributed by atoms with Gasteiger partial charge in [0.15, 0.2) is 0 Å². The summed E-state index contributed by atoms with van der Waals surface area (Å²) in [6.07, 6.45) is -0.208. The van der Waals surface area contributed by atoms with Gasteiger partial charge in [0.25, 0.3) is 0 Å². The highest BCUT2D eigenvalue weighted by atomic mass is 16.4. The van der Waals surface area contributed by atoms with E-state index in [1.165, 1.54) is 0 Å². The molecule has 0 aliphatic heterocycles. The SMILES string of the molecule is CC(C)(C)CC(=O)N[C@@H](CC(N)=O)C(=O)O. The molecule has 0 aromatic carbocycles. The second kappa shape index (κ2) is 5.48. The Morgan fingerprint density at radius 3 is 2.12 bits per heavy atom. The summed E-state index contributed by atoms with van der Waals surface area (Å²) >= 11 is 0. The van der Waals surface area contributed by atoms with Crippen LogP contribution in [0.1, 0.15) is 33.6 Å². The fraction of sp³-hybridized carbons (Fsp3) is 0.700. The van der Waals surface area contributed by atoms with E-state index in [2.05, 4.69) is 5.32 Å². The van der Waals surface area contributed by atoms with Crippen molar-refractivity contribution in [1.82, 2.24) is 5.32 Å². The largest absolute Gasteiger partial charge is 0.480 e. The summed E-state index contributed by atoms with van der Waals surface area (Å²) in [5, 5.41) is 11.0. The maximum Gasteiger partial charge on any atom is 0.326 e. The summed E-state index contributed by atoms with van der Waals surface area (Å²) in [6.45, 7) is 5.57. The molecule has 0 aromatic heterocycles. The molecule has 0 bridgehead atoms. The minimum Gasteiger partial charge on any atom is -0.480 e. The number of primary amides is 1. The van der Waals surface area contributed by atoms with Gasteiger partial charge in [-0.3, -0.25) is 9.59 Å². The third kappa shape index (κ3) is 6.80. The lowest BCUT2D eigenvalue weighted by Gasteiger charge is -2.19. The molecule has 0 saturated heterocycles. The van der Waals surface area contributed by atoms with Crippen molar-refractivity contribution in [2.75, 3.05) is 0 Å². The first-order chi connectivity index (χ1) is 7.11. The van der Waals surface area contributed by atoms with Crippen molar-refractivity contribution in [2.24, 2.45) is 11.1 Å². The molecule has 6 heteroatoms. The fourth-order valence-corrected chi connectivity index (χ4v) is 1.13. The Bertz CT molecular complexity index is 294. The van der Waals surface area contributed by atoms with Crippen LogP contribution in [-0.4, -0.2) is 28.9 Å². The van der Waals surface area contributed by atoms with E-state index in [0.29, 0.717) is 0 Å². The number of carbonyl (C=O) groups is 3. The molecule has 16 heavy (non-hydrogen) atoms. The lowest BCUT2D eigenvalue weighted by atomic mass is 9.92. The van der Waals surface area contributed by atoms with Crippen LogP contribution in [0, 0.1) is 5.41 Å². The molecule has 0 radical (unpaired) electrons. The number of carboxylic acids is 1. The van der Waals surface area contributed by atoms with E-state index in [1.54, 1.807) is 0 Å². The molecule has 0 saturated carbocycles. The van der Waals surface area contributed by atoms with Crippen molar-refractivity contribution in [3.8, 4) is 0 Å². The van der Waals surface area contributed by atoms with Crippen LogP contribution < -0.4 is 11.1 Å². The molecule has 4 N–H and O–H groups in total.